The molecule has 1 aromatic carbocycles. The van der Waals surface area contributed by atoms with Gasteiger partial charge < -0.3 is 9.15 Å². The molecule has 4 bridgehead atoms. The van der Waals surface area contributed by atoms with Crippen LogP contribution in [0.4, 0.5) is 0 Å². The monoisotopic (exact) mass is 428 g/mol. The normalized spacial score (nSPS) is 31.4. The first kappa shape index (κ1) is 19.5. The summed E-state index contributed by atoms with van der Waals surface area (Å²) in [5.41, 5.74) is 4.68. The van der Waals surface area contributed by atoms with Gasteiger partial charge in [-0.15, -0.1) is 11.6 Å². The fourth-order valence-corrected chi connectivity index (χ4v) is 6.67. The van der Waals surface area contributed by atoms with Crippen molar-refractivity contribution in [2.45, 2.75) is 50.0 Å². The molecule has 6 rings (SSSR count). The van der Waals surface area contributed by atoms with E-state index in [1.54, 1.807) is 12.1 Å². The number of amides is 2. The molecule has 0 radical (unpaired) electrons. The Bertz CT molecular complexity index is 943. The zero-order chi connectivity index (χ0) is 20.8. The van der Waals surface area contributed by atoms with Gasteiger partial charge in [-0.3, -0.25) is 20.4 Å². The van der Waals surface area contributed by atoms with Crippen molar-refractivity contribution < 1.29 is 18.7 Å². The van der Waals surface area contributed by atoms with E-state index in [2.05, 4.69) is 10.9 Å². The van der Waals surface area contributed by atoms with E-state index in [1.165, 1.54) is 6.42 Å². The molecule has 158 valence electrons. The molecule has 0 aliphatic heterocycles. The minimum absolute atomic E-state index is 0.126. The van der Waals surface area contributed by atoms with Crippen molar-refractivity contribution in [1.82, 2.24) is 10.9 Å². The molecule has 4 saturated carbocycles. The van der Waals surface area contributed by atoms with Gasteiger partial charge in [-0.1, -0.05) is 18.2 Å². The molecule has 0 saturated heterocycles. The number of nitrogens with one attached hydrogen (secondary N) is 2. The predicted octanol–water partition coefficient (Wildman–Crippen LogP) is 4.20. The van der Waals surface area contributed by atoms with Gasteiger partial charge in [0.25, 0.3) is 0 Å². The minimum atomic E-state index is -0.486. The standard InChI is InChI=1S/C23H25ClN2O4/c24-23-11-15-8-16(12-23)10-22(9-15,14-23)21(28)26-25-20(27)19-7-6-18(30-19)13-29-17-4-2-1-3-5-17/h1-7,15-16H,8-14H2,(H,25,27)(H,26,28)/t15-,16-,22?,23?/m1/s1. The average Bonchev–Trinajstić information content (AvgIpc) is 3.18. The summed E-state index contributed by atoms with van der Waals surface area (Å²) < 4.78 is 11.2. The van der Waals surface area contributed by atoms with Crippen molar-refractivity contribution in [3.63, 3.8) is 0 Å². The van der Waals surface area contributed by atoms with Crippen molar-refractivity contribution in [3.05, 3.63) is 54.0 Å². The number of carbonyl (C=O) groups is 2. The summed E-state index contributed by atoms with van der Waals surface area (Å²) in [5, 5.41) is 0. The smallest absolute Gasteiger partial charge is 0.305 e. The third-order valence-corrected chi connectivity index (χ3v) is 7.21. The highest BCUT2D eigenvalue weighted by atomic mass is 35.5. The van der Waals surface area contributed by atoms with Gasteiger partial charge in [0.1, 0.15) is 18.1 Å². The van der Waals surface area contributed by atoms with Crippen LogP contribution in [0.25, 0.3) is 0 Å². The predicted molar refractivity (Wildman–Crippen MR) is 111 cm³/mol. The van der Waals surface area contributed by atoms with E-state index in [-0.39, 0.29) is 23.1 Å². The van der Waals surface area contributed by atoms with Crippen LogP contribution in [-0.4, -0.2) is 16.7 Å². The summed E-state index contributed by atoms with van der Waals surface area (Å²) >= 11 is 6.81. The van der Waals surface area contributed by atoms with Crippen LogP contribution in [0.5, 0.6) is 5.75 Å². The SMILES string of the molecule is O=C(NNC(=O)C12C[C@H]3C[C@@H](CC(Cl)(C3)C1)C2)c1ccc(COc2ccccc2)o1. The first-order chi connectivity index (χ1) is 14.4. The van der Waals surface area contributed by atoms with Crippen LogP contribution in [-0.2, 0) is 11.4 Å². The van der Waals surface area contributed by atoms with Crippen LogP contribution >= 0.6 is 11.6 Å². The van der Waals surface area contributed by atoms with Crippen LogP contribution in [0.3, 0.4) is 0 Å². The van der Waals surface area contributed by atoms with Crippen molar-refractivity contribution in [2.24, 2.45) is 17.3 Å². The van der Waals surface area contributed by atoms with Gasteiger partial charge in [-0.05, 0) is 74.6 Å². The number of benzene rings is 1. The zero-order valence-corrected chi connectivity index (χ0v) is 17.4. The van der Waals surface area contributed by atoms with Gasteiger partial charge >= 0.3 is 5.91 Å². The molecule has 30 heavy (non-hydrogen) atoms. The van der Waals surface area contributed by atoms with Gasteiger partial charge in [0, 0.05) is 4.87 Å². The van der Waals surface area contributed by atoms with Crippen LogP contribution in [0, 0.1) is 17.3 Å². The van der Waals surface area contributed by atoms with Crippen LogP contribution in [0.1, 0.15) is 54.8 Å². The first-order valence-corrected chi connectivity index (χ1v) is 10.9. The Morgan fingerprint density at radius 1 is 1.03 bits per heavy atom. The Morgan fingerprint density at radius 2 is 1.77 bits per heavy atom. The summed E-state index contributed by atoms with van der Waals surface area (Å²) in [6.45, 7) is 0.216. The van der Waals surface area contributed by atoms with Gasteiger partial charge in [0.2, 0.25) is 5.91 Å². The highest BCUT2D eigenvalue weighted by molar-refractivity contribution is 6.24. The van der Waals surface area contributed by atoms with Crippen LogP contribution in [0.2, 0.25) is 0 Å². The number of hydrogen-bond donors (Lipinski definition) is 2. The maximum Gasteiger partial charge on any atom is 0.305 e. The number of hydrogen-bond acceptors (Lipinski definition) is 4. The summed E-state index contributed by atoms with van der Waals surface area (Å²) in [5.74, 6) is 1.79. The molecule has 2 atom stereocenters. The Morgan fingerprint density at radius 3 is 2.47 bits per heavy atom. The number of halogens is 1. The molecule has 0 spiro atoms. The van der Waals surface area contributed by atoms with E-state index in [0.29, 0.717) is 24.0 Å². The highest BCUT2D eigenvalue weighted by Crippen LogP contribution is 2.63. The number of alkyl halides is 1. The number of para-hydroxylation sites is 1. The molecular weight excluding hydrogens is 404 g/mol. The van der Waals surface area contributed by atoms with Gasteiger partial charge in [0.05, 0.1) is 5.41 Å². The second kappa shape index (κ2) is 7.34. The van der Waals surface area contributed by atoms with E-state index < -0.39 is 11.3 Å². The van der Waals surface area contributed by atoms with Crippen molar-refractivity contribution in [2.75, 3.05) is 0 Å². The average molecular weight is 429 g/mol. The zero-order valence-electron chi connectivity index (χ0n) is 16.7. The second-order valence-corrected chi connectivity index (χ2v) is 9.97. The van der Waals surface area contributed by atoms with Crippen LogP contribution in [0.15, 0.2) is 46.9 Å². The van der Waals surface area contributed by atoms with Crippen molar-refractivity contribution in [3.8, 4) is 5.75 Å². The lowest BCUT2D eigenvalue weighted by Gasteiger charge is -2.59. The molecule has 1 heterocycles. The molecule has 2 aromatic rings. The summed E-state index contributed by atoms with van der Waals surface area (Å²) in [4.78, 5) is 25.2. The summed E-state index contributed by atoms with van der Waals surface area (Å²) in [6.07, 6.45) is 5.61. The Balaban J connectivity index is 1.17. The summed E-state index contributed by atoms with van der Waals surface area (Å²) in [6, 6.07) is 12.6. The number of furan rings is 1. The Kier molecular flexibility index (Phi) is 4.77. The van der Waals surface area contributed by atoms with Crippen molar-refractivity contribution >= 4 is 23.4 Å². The molecule has 2 amide bonds. The fourth-order valence-electron chi connectivity index (χ4n) is 5.97. The molecule has 4 fully saturated rings. The maximum atomic E-state index is 13.0. The van der Waals surface area contributed by atoms with Gasteiger partial charge in [0.15, 0.2) is 5.76 Å². The largest absolute Gasteiger partial charge is 0.486 e. The highest BCUT2D eigenvalue weighted by Gasteiger charge is 2.60. The third-order valence-electron chi connectivity index (χ3n) is 6.77. The van der Waals surface area contributed by atoms with E-state index in [9.17, 15) is 9.59 Å². The van der Waals surface area contributed by atoms with Crippen molar-refractivity contribution in [1.29, 1.82) is 0 Å². The molecule has 6 nitrogen and oxygen atoms in total. The Hall–Kier alpha value is -2.47. The van der Waals surface area contributed by atoms with E-state index in [0.717, 1.165) is 31.4 Å². The molecule has 4 aliphatic carbocycles. The summed E-state index contributed by atoms with van der Waals surface area (Å²) in [7, 11) is 0. The van der Waals surface area contributed by atoms with Crippen LogP contribution < -0.4 is 15.6 Å². The lowest BCUT2D eigenvalue weighted by Crippen LogP contribution is -2.60. The molecule has 2 N–H and O–H groups in total. The number of rotatable bonds is 5. The topological polar surface area (TPSA) is 80.6 Å². The van der Waals surface area contributed by atoms with E-state index >= 15 is 0 Å². The van der Waals surface area contributed by atoms with Gasteiger partial charge in [-0.2, -0.15) is 0 Å². The third kappa shape index (κ3) is 3.69. The number of carbonyl (C=O) groups excluding carboxylic acids is 2. The molecule has 7 heteroatoms. The molecule has 4 aliphatic rings. The fraction of sp³-hybridized carbons (Fsp3) is 0.478. The van der Waals surface area contributed by atoms with E-state index in [1.807, 2.05) is 30.3 Å². The molecule has 1 aromatic heterocycles. The molecular formula is C23H25ClN2O4. The second-order valence-electron chi connectivity index (χ2n) is 9.17. The first-order valence-electron chi connectivity index (χ1n) is 10.5. The Labute approximate surface area is 180 Å². The molecule has 0 unspecified atom stereocenters. The minimum Gasteiger partial charge on any atom is -0.486 e. The lowest BCUT2D eigenvalue weighted by atomic mass is 9.49. The van der Waals surface area contributed by atoms with E-state index in [4.69, 9.17) is 20.8 Å². The number of hydrazine groups is 1. The van der Waals surface area contributed by atoms with Gasteiger partial charge in [-0.25, -0.2) is 0 Å². The maximum absolute atomic E-state index is 13.0. The number of ether oxygens (including phenoxy) is 1. The quantitative estimate of drug-likeness (QED) is 0.552. The lowest BCUT2D eigenvalue weighted by molar-refractivity contribution is -0.145.